The van der Waals surface area contributed by atoms with Gasteiger partial charge in [-0.05, 0) is 29.8 Å². The van der Waals surface area contributed by atoms with E-state index in [-0.39, 0.29) is 0 Å². The smallest absolute Gasteiger partial charge is 0.160 e. The Balaban J connectivity index is 1.45. The van der Waals surface area contributed by atoms with E-state index in [1.165, 1.54) is 0 Å². The quantitative estimate of drug-likeness (QED) is 0.267. The third-order valence-electron chi connectivity index (χ3n) is 6.05. The molecular weight excluding hydrogens is 446 g/mol. The van der Waals surface area contributed by atoms with Gasteiger partial charge in [0, 0.05) is 38.7 Å². The maximum absolute atomic E-state index is 4.93. The largest absolute Gasteiger partial charge is 0.256 e. The number of aromatic nitrogens is 3. The van der Waals surface area contributed by atoms with Crippen molar-refractivity contribution in [1.82, 2.24) is 15.0 Å². The van der Waals surface area contributed by atoms with Crippen molar-refractivity contribution in [3.05, 3.63) is 121 Å². The minimum atomic E-state index is 0.704. The highest BCUT2D eigenvalue weighted by molar-refractivity contribution is 7.80. The molecule has 0 aliphatic heterocycles. The topological polar surface area (TPSA) is 38.7 Å². The summed E-state index contributed by atoms with van der Waals surface area (Å²) in [6, 6.07) is 39.0. The molecule has 0 radical (unpaired) electrons. The summed E-state index contributed by atoms with van der Waals surface area (Å²) in [4.78, 5) is 15.3. The number of thiol groups is 1. The van der Waals surface area contributed by atoms with E-state index in [0.29, 0.717) is 5.82 Å². The van der Waals surface area contributed by atoms with Crippen LogP contribution in [0.5, 0.6) is 0 Å². The molecule has 0 fully saturated rings. The molecule has 0 atom stereocenters. The number of pyridine rings is 1. The van der Waals surface area contributed by atoms with Crippen LogP contribution in [0.3, 0.4) is 0 Å². The van der Waals surface area contributed by atoms with E-state index < -0.39 is 0 Å². The Morgan fingerprint density at radius 3 is 1.86 bits per heavy atom. The molecule has 0 spiro atoms. The molecule has 0 unspecified atom stereocenters. The molecular formula is C31H21N3S. The van der Waals surface area contributed by atoms with Gasteiger partial charge in [0.15, 0.2) is 5.82 Å². The van der Waals surface area contributed by atoms with Gasteiger partial charge in [-0.1, -0.05) is 91.0 Å². The number of fused-ring (bicyclic) bond motifs is 1. The molecule has 0 bridgehead atoms. The van der Waals surface area contributed by atoms with Crippen molar-refractivity contribution in [1.29, 1.82) is 0 Å². The van der Waals surface area contributed by atoms with E-state index in [2.05, 4.69) is 72.2 Å². The fraction of sp³-hybridized carbons (Fsp3) is 0. The molecule has 0 aliphatic rings. The predicted molar refractivity (Wildman–Crippen MR) is 146 cm³/mol. The van der Waals surface area contributed by atoms with Gasteiger partial charge in [-0.2, -0.15) is 0 Å². The van der Waals surface area contributed by atoms with Crippen LogP contribution >= 0.6 is 12.6 Å². The number of para-hydroxylation sites is 1. The summed E-state index contributed by atoms with van der Waals surface area (Å²) in [5.41, 5.74) is 8.06. The van der Waals surface area contributed by atoms with Gasteiger partial charge in [0.1, 0.15) is 0 Å². The van der Waals surface area contributed by atoms with Crippen LogP contribution in [-0.2, 0) is 0 Å². The predicted octanol–water partition coefficient (Wildman–Crippen LogP) is 7.98. The van der Waals surface area contributed by atoms with Crippen molar-refractivity contribution in [3.8, 4) is 45.0 Å². The van der Waals surface area contributed by atoms with Crippen molar-refractivity contribution in [2.24, 2.45) is 0 Å². The van der Waals surface area contributed by atoms with E-state index in [0.717, 1.165) is 55.0 Å². The van der Waals surface area contributed by atoms with E-state index in [4.69, 9.17) is 9.97 Å². The Kier molecular flexibility index (Phi) is 5.57. The maximum Gasteiger partial charge on any atom is 0.160 e. The Morgan fingerprint density at radius 1 is 0.514 bits per heavy atom. The van der Waals surface area contributed by atoms with Gasteiger partial charge in [0.05, 0.1) is 16.9 Å². The van der Waals surface area contributed by atoms with Gasteiger partial charge < -0.3 is 0 Å². The zero-order chi connectivity index (χ0) is 23.6. The van der Waals surface area contributed by atoms with Crippen molar-refractivity contribution in [3.63, 3.8) is 0 Å². The first-order chi connectivity index (χ1) is 17.2. The summed E-state index contributed by atoms with van der Waals surface area (Å²) in [5, 5.41) is 1.13. The fourth-order valence-corrected chi connectivity index (χ4v) is 4.40. The van der Waals surface area contributed by atoms with Gasteiger partial charge in [0.2, 0.25) is 0 Å². The first-order valence-electron chi connectivity index (χ1n) is 11.4. The number of benzene rings is 4. The molecule has 2 aromatic heterocycles. The van der Waals surface area contributed by atoms with Crippen LogP contribution in [0.25, 0.3) is 55.9 Å². The molecule has 2 heterocycles. The molecule has 0 N–H and O–H groups in total. The summed E-state index contributed by atoms with van der Waals surface area (Å²) in [7, 11) is 0. The lowest BCUT2D eigenvalue weighted by atomic mass is 9.99. The molecule has 166 valence electrons. The molecule has 35 heavy (non-hydrogen) atoms. The minimum absolute atomic E-state index is 0.704. The normalized spacial score (nSPS) is 11.0. The van der Waals surface area contributed by atoms with Crippen LogP contribution in [0.15, 0.2) is 126 Å². The molecule has 6 rings (SSSR count). The van der Waals surface area contributed by atoms with Crippen LogP contribution in [0.1, 0.15) is 0 Å². The summed E-state index contributed by atoms with van der Waals surface area (Å²) in [6.45, 7) is 0. The van der Waals surface area contributed by atoms with Crippen LogP contribution in [0, 0.1) is 0 Å². The van der Waals surface area contributed by atoms with Gasteiger partial charge in [-0.15, -0.1) is 12.6 Å². The first-order valence-corrected chi connectivity index (χ1v) is 11.9. The van der Waals surface area contributed by atoms with Crippen molar-refractivity contribution >= 4 is 23.5 Å². The lowest BCUT2D eigenvalue weighted by Gasteiger charge is -2.11. The summed E-state index contributed by atoms with van der Waals surface area (Å²) in [6.07, 6.45) is 1.84. The third-order valence-corrected chi connectivity index (χ3v) is 6.34. The number of nitrogens with zero attached hydrogens (tertiary/aromatic N) is 3. The standard InChI is InChI=1S/C31H21N3S/c35-26-17-15-23(16-18-26)29-20-28(33-31(34-29)25-6-2-1-3-7-25)22-13-11-21(12-14-22)27-10-4-8-24-9-5-19-32-30(24)27/h1-20,35H. The van der Waals surface area contributed by atoms with Crippen molar-refractivity contribution in [2.45, 2.75) is 4.90 Å². The molecule has 4 aromatic carbocycles. The SMILES string of the molecule is Sc1ccc(-c2cc(-c3ccc(-c4cccc5cccnc45)cc3)nc(-c3ccccc3)n2)cc1. The van der Waals surface area contributed by atoms with E-state index in [9.17, 15) is 0 Å². The van der Waals surface area contributed by atoms with E-state index >= 15 is 0 Å². The maximum atomic E-state index is 4.93. The highest BCUT2D eigenvalue weighted by atomic mass is 32.1. The highest BCUT2D eigenvalue weighted by Crippen LogP contribution is 2.31. The first kappa shape index (κ1) is 21.3. The van der Waals surface area contributed by atoms with Crippen LogP contribution in [0.4, 0.5) is 0 Å². The highest BCUT2D eigenvalue weighted by Gasteiger charge is 2.11. The molecule has 0 saturated carbocycles. The molecule has 0 saturated heterocycles. The molecule has 0 aliphatic carbocycles. The van der Waals surface area contributed by atoms with Crippen LogP contribution in [-0.4, -0.2) is 15.0 Å². The number of hydrogen-bond acceptors (Lipinski definition) is 4. The molecule has 0 amide bonds. The summed E-state index contributed by atoms with van der Waals surface area (Å²) >= 11 is 4.42. The second kappa shape index (κ2) is 9.16. The van der Waals surface area contributed by atoms with Gasteiger partial charge in [-0.3, -0.25) is 4.98 Å². The summed E-state index contributed by atoms with van der Waals surface area (Å²) < 4.78 is 0. The lowest BCUT2D eigenvalue weighted by molar-refractivity contribution is 1.18. The fourth-order valence-electron chi connectivity index (χ4n) is 4.25. The monoisotopic (exact) mass is 467 g/mol. The lowest BCUT2D eigenvalue weighted by Crippen LogP contribution is -1.96. The molecule has 6 aromatic rings. The third kappa shape index (κ3) is 4.32. The van der Waals surface area contributed by atoms with Crippen molar-refractivity contribution in [2.75, 3.05) is 0 Å². The van der Waals surface area contributed by atoms with E-state index in [1.54, 1.807) is 0 Å². The minimum Gasteiger partial charge on any atom is -0.256 e. The molecule has 4 heteroatoms. The average Bonchev–Trinajstić information content (AvgIpc) is 2.93. The second-order valence-electron chi connectivity index (χ2n) is 8.33. The van der Waals surface area contributed by atoms with Crippen molar-refractivity contribution < 1.29 is 0 Å². The number of rotatable bonds is 4. The zero-order valence-electron chi connectivity index (χ0n) is 18.8. The van der Waals surface area contributed by atoms with Gasteiger partial charge >= 0.3 is 0 Å². The Labute approximate surface area is 209 Å². The zero-order valence-corrected chi connectivity index (χ0v) is 19.7. The van der Waals surface area contributed by atoms with Crippen LogP contribution in [0.2, 0.25) is 0 Å². The number of hydrogen-bond donors (Lipinski definition) is 1. The average molecular weight is 468 g/mol. The van der Waals surface area contributed by atoms with Gasteiger partial charge in [0.25, 0.3) is 0 Å². The Morgan fingerprint density at radius 2 is 1.14 bits per heavy atom. The van der Waals surface area contributed by atoms with E-state index in [1.807, 2.05) is 66.9 Å². The van der Waals surface area contributed by atoms with Crippen LogP contribution < -0.4 is 0 Å². The Bertz CT molecular complexity index is 1620. The summed E-state index contributed by atoms with van der Waals surface area (Å²) in [5.74, 6) is 0.704. The van der Waals surface area contributed by atoms with Gasteiger partial charge in [-0.25, -0.2) is 9.97 Å². The second-order valence-corrected chi connectivity index (χ2v) is 8.85. The molecule has 3 nitrogen and oxygen atoms in total. The Hall–Kier alpha value is -4.28.